The number of hydrogen-bond acceptors (Lipinski definition) is 2. The fraction of sp³-hybridized carbons (Fsp3) is 0.167. The third kappa shape index (κ3) is 4.53. The molecule has 0 aromatic heterocycles. The maximum absolute atomic E-state index is 13.2. The molecule has 2 aromatic carbocycles. The molecule has 0 radical (unpaired) electrons. The summed E-state index contributed by atoms with van der Waals surface area (Å²) in [6.45, 7) is 1.86. The second kappa shape index (κ2) is 7.52. The number of aliphatic hydroxyl groups is 1. The molecule has 0 saturated heterocycles. The maximum atomic E-state index is 13.2. The summed E-state index contributed by atoms with van der Waals surface area (Å²) in [5.74, 6) is -0.596. The van der Waals surface area contributed by atoms with Crippen molar-refractivity contribution in [1.29, 1.82) is 0 Å². The van der Waals surface area contributed by atoms with Crippen molar-refractivity contribution in [2.75, 3.05) is 11.9 Å². The molecule has 3 nitrogen and oxygen atoms in total. The van der Waals surface area contributed by atoms with Crippen molar-refractivity contribution in [3.8, 4) is 0 Å². The number of carbonyl (C=O) groups excluding carboxylic acids is 1. The van der Waals surface area contributed by atoms with E-state index in [2.05, 4.69) is 5.32 Å². The molecule has 0 unspecified atom stereocenters. The molecule has 0 saturated carbocycles. The molecule has 0 heterocycles. The van der Waals surface area contributed by atoms with Gasteiger partial charge in [-0.3, -0.25) is 4.79 Å². The summed E-state index contributed by atoms with van der Waals surface area (Å²) >= 11 is 0. The van der Waals surface area contributed by atoms with Crippen molar-refractivity contribution in [2.24, 2.45) is 0 Å². The minimum absolute atomic E-state index is 0.0985. The van der Waals surface area contributed by atoms with E-state index in [0.29, 0.717) is 23.2 Å². The first-order valence-electron chi connectivity index (χ1n) is 7.03. The molecule has 0 aliphatic carbocycles. The second-order valence-electron chi connectivity index (χ2n) is 5.00. The third-order valence-electron chi connectivity index (χ3n) is 3.25. The van der Waals surface area contributed by atoms with Crippen LogP contribution in [0.15, 0.2) is 54.6 Å². The van der Waals surface area contributed by atoms with Gasteiger partial charge in [0.15, 0.2) is 0 Å². The van der Waals surface area contributed by atoms with E-state index in [4.69, 9.17) is 5.11 Å². The Kier molecular flexibility index (Phi) is 5.44. The van der Waals surface area contributed by atoms with Gasteiger partial charge in [0, 0.05) is 18.4 Å². The molecule has 2 rings (SSSR count). The largest absolute Gasteiger partial charge is 0.396 e. The van der Waals surface area contributed by atoms with Gasteiger partial charge >= 0.3 is 0 Å². The second-order valence-corrected chi connectivity index (χ2v) is 5.00. The number of nitrogens with one attached hydrogen (secondary N) is 1. The summed E-state index contributed by atoms with van der Waals surface area (Å²) < 4.78 is 13.2. The monoisotopic (exact) mass is 299 g/mol. The molecule has 2 aromatic rings. The zero-order valence-corrected chi connectivity index (χ0v) is 12.3. The molecule has 1 amide bonds. The van der Waals surface area contributed by atoms with Crippen LogP contribution in [-0.2, 0) is 11.2 Å². The lowest BCUT2D eigenvalue weighted by Crippen LogP contribution is -2.08. The fourth-order valence-corrected chi connectivity index (χ4v) is 2.08. The number of allylic oxidation sites excluding steroid dienone is 1. The molecule has 2 N–H and O–H groups in total. The van der Waals surface area contributed by atoms with Gasteiger partial charge in [-0.2, -0.15) is 0 Å². The molecule has 4 heteroatoms. The van der Waals surface area contributed by atoms with E-state index in [1.165, 1.54) is 18.2 Å². The van der Waals surface area contributed by atoms with Gasteiger partial charge < -0.3 is 10.4 Å². The minimum atomic E-state index is -0.329. The van der Waals surface area contributed by atoms with Gasteiger partial charge in [0.1, 0.15) is 5.82 Å². The van der Waals surface area contributed by atoms with Gasteiger partial charge in [-0.15, -0.1) is 0 Å². The summed E-state index contributed by atoms with van der Waals surface area (Å²) in [5, 5.41) is 11.6. The highest BCUT2D eigenvalue weighted by Crippen LogP contribution is 2.15. The Hall–Kier alpha value is -2.46. The summed E-state index contributed by atoms with van der Waals surface area (Å²) in [6.07, 6.45) is 2.03. The standard InChI is InChI=1S/C18H18FNO2/c1-13(15-3-2-4-16(19)12-15)11-18(22)20-17-7-5-14(6-8-17)9-10-21/h2-8,11-12,21H,9-10H2,1H3,(H,20,22). The van der Waals surface area contributed by atoms with Crippen LogP contribution in [0.5, 0.6) is 0 Å². The Morgan fingerprint density at radius 3 is 2.59 bits per heavy atom. The summed E-state index contributed by atoms with van der Waals surface area (Å²) in [7, 11) is 0. The van der Waals surface area contributed by atoms with Crippen molar-refractivity contribution < 1.29 is 14.3 Å². The number of rotatable bonds is 5. The zero-order valence-electron chi connectivity index (χ0n) is 12.3. The van der Waals surface area contributed by atoms with E-state index in [-0.39, 0.29) is 18.3 Å². The number of benzene rings is 2. The number of amides is 1. The van der Waals surface area contributed by atoms with Crippen LogP contribution in [0.2, 0.25) is 0 Å². The first-order chi connectivity index (χ1) is 10.6. The van der Waals surface area contributed by atoms with Crippen LogP contribution < -0.4 is 5.32 Å². The van der Waals surface area contributed by atoms with Crippen LogP contribution in [0.3, 0.4) is 0 Å². The highest BCUT2D eigenvalue weighted by atomic mass is 19.1. The lowest BCUT2D eigenvalue weighted by atomic mass is 10.1. The summed E-state index contributed by atoms with van der Waals surface area (Å²) in [5.41, 5.74) is 3.05. The van der Waals surface area contributed by atoms with E-state index >= 15 is 0 Å². The van der Waals surface area contributed by atoms with Gasteiger partial charge in [0.05, 0.1) is 0 Å². The van der Waals surface area contributed by atoms with E-state index in [1.807, 2.05) is 12.1 Å². The van der Waals surface area contributed by atoms with Crippen LogP contribution in [-0.4, -0.2) is 17.6 Å². The van der Waals surface area contributed by atoms with Crippen LogP contribution in [0.4, 0.5) is 10.1 Å². The highest BCUT2D eigenvalue weighted by Gasteiger charge is 2.03. The van der Waals surface area contributed by atoms with Gasteiger partial charge in [-0.05, 0) is 54.3 Å². The molecule has 0 aliphatic rings. The fourth-order valence-electron chi connectivity index (χ4n) is 2.08. The Bertz CT molecular complexity index is 678. The Morgan fingerprint density at radius 1 is 1.23 bits per heavy atom. The lowest BCUT2D eigenvalue weighted by molar-refractivity contribution is -0.111. The summed E-state index contributed by atoms with van der Waals surface area (Å²) in [4.78, 5) is 12.0. The predicted molar refractivity (Wildman–Crippen MR) is 85.9 cm³/mol. The van der Waals surface area contributed by atoms with Crippen LogP contribution in [0, 0.1) is 5.82 Å². The van der Waals surface area contributed by atoms with Gasteiger partial charge in [-0.25, -0.2) is 4.39 Å². The molecule has 0 bridgehead atoms. The SMILES string of the molecule is CC(=CC(=O)Nc1ccc(CCO)cc1)c1cccc(F)c1. The van der Waals surface area contributed by atoms with Crippen LogP contribution in [0.25, 0.3) is 5.57 Å². The number of anilines is 1. The first-order valence-corrected chi connectivity index (χ1v) is 7.03. The molecule has 22 heavy (non-hydrogen) atoms. The quantitative estimate of drug-likeness (QED) is 0.831. The maximum Gasteiger partial charge on any atom is 0.248 e. The molecule has 114 valence electrons. The molecule has 0 aliphatic heterocycles. The smallest absolute Gasteiger partial charge is 0.248 e. The average Bonchev–Trinajstić information content (AvgIpc) is 2.49. The number of hydrogen-bond donors (Lipinski definition) is 2. The molecule has 0 spiro atoms. The summed E-state index contributed by atoms with van der Waals surface area (Å²) in [6, 6.07) is 13.4. The van der Waals surface area contributed by atoms with Crippen molar-refractivity contribution in [3.05, 3.63) is 71.6 Å². The third-order valence-corrected chi connectivity index (χ3v) is 3.25. The van der Waals surface area contributed by atoms with E-state index in [1.54, 1.807) is 31.2 Å². The van der Waals surface area contributed by atoms with Crippen LogP contribution in [0.1, 0.15) is 18.1 Å². The Balaban J connectivity index is 2.04. The van der Waals surface area contributed by atoms with Gasteiger partial charge in [-0.1, -0.05) is 24.3 Å². The van der Waals surface area contributed by atoms with Crippen molar-refractivity contribution in [3.63, 3.8) is 0 Å². The normalized spacial score (nSPS) is 11.3. The Labute approximate surface area is 129 Å². The Morgan fingerprint density at radius 2 is 1.95 bits per heavy atom. The van der Waals surface area contributed by atoms with Gasteiger partial charge in [0.2, 0.25) is 5.91 Å². The van der Waals surface area contributed by atoms with Crippen LogP contribution >= 0.6 is 0 Å². The first kappa shape index (κ1) is 15.9. The van der Waals surface area contributed by atoms with Crippen molar-refractivity contribution in [2.45, 2.75) is 13.3 Å². The van der Waals surface area contributed by atoms with E-state index < -0.39 is 0 Å². The minimum Gasteiger partial charge on any atom is -0.396 e. The zero-order chi connectivity index (χ0) is 15.9. The molecule has 0 fully saturated rings. The topological polar surface area (TPSA) is 49.3 Å². The number of carbonyl (C=O) groups is 1. The molecular formula is C18H18FNO2. The lowest BCUT2D eigenvalue weighted by Gasteiger charge is -2.05. The van der Waals surface area contributed by atoms with E-state index in [9.17, 15) is 9.18 Å². The van der Waals surface area contributed by atoms with Crippen molar-refractivity contribution in [1.82, 2.24) is 0 Å². The number of halogens is 1. The van der Waals surface area contributed by atoms with Crippen molar-refractivity contribution >= 4 is 17.2 Å². The number of aliphatic hydroxyl groups excluding tert-OH is 1. The predicted octanol–water partition coefficient (Wildman–Crippen LogP) is 3.40. The average molecular weight is 299 g/mol. The van der Waals surface area contributed by atoms with Gasteiger partial charge in [0.25, 0.3) is 0 Å². The highest BCUT2D eigenvalue weighted by molar-refractivity contribution is 6.03. The van der Waals surface area contributed by atoms with E-state index in [0.717, 1.165) is 5.56 Å². The molecular weight excluding hydrogens is 281 g/mol. The molecule has 0 atom stereocenters.